The number of ether oxygens (including phenoxy) is 1. The van der Waals surface area contributed by atoms with Crippen molar-refractivity contribution in [3.8, 4) is 0 Å². The summed E-state index contributed by atoms with van der Waals surface area (Å²) < 4.78 is 5.17. The fraction of sp³-hybridized carbons (Fsp3) is 0.200. The van der Waals surface area contributed by atoms with Crippen molar-refractivity contribution in [1.29, 1.82) is 0 Å². The van der Waals surface area contributed by atoms with Gasteiger partial charge in [-0.05, 0) is 48.4 Å². The second-order valence-electron chi connectivity index (χ2n) is 5.57. The molecule has 2 aromatic rings. The number of benzene rings is 2. The van der Waals surface area contributed by atoms with E-state index in [1.54, 1.807) is 48.5 Å². The van der Waals surface area contributed by atoms with Gasteiger partial charge in [0.15, 0.2) is 0 Å². The summed E-state index contributed by atoms with van der Waals surface area (Å²) in [6.45, 7) is 2.41. The Hall–Kier alpha value is -2.30. The van der Waals surface area contributed by atoms with Crippen molar-refractivity contribution in [2.45, 2.75) is 19.8 Å². The summed E-state index contributed by atoms with van der Waals surface area (Å²) in [6, 6.07) is 11.7. The van der Waals surface area contributed by atoms with Crippen LogP contribution in [-0.2, 0) is 9.53 Å². The van der Waals surface area contributed by atoms with Crippen molar-refractivity contribution >= 4 is 46.8 Å². The summed E-state index contributed by atoms with van der Waals surface area (Å²) in [7, 11) is 0. The Morgan fingerprint density at radius 3 is 2.65 bits per heavy atom. The SMILES string of the molecule is CCCCOC(=O)c1cccc(NC(=O)/C=C/c2ccc(Cl)c(Cl)c2)c1. The number of hydrogen-bond donors (Lipinski definition) is 1. The summed E-state index contributed by atoms with van der Waals surface area (Å²) in [5.74, 6) is -0.728. The fourth-order valence-corrected chi connectivity index (χ4v) is 2.39. The molecule has 1 amide bonds. The normalized spacial score (nSPS) is 10.7. The molecule has 0 heterocycles. The minimum absolute atomic E-state index is 0.326. The lowest BCUT2D eigenvalue weighted by atomic mass is 10.2. The quantitative estimate of drug-likeness (QED) is 0.379. The average Bonchev–Trinajstić information content (AvgIpc) is 2.63. The molecule has 0 aliphatic rings. The van der Waals surface area contributed by atoms with Crippen LogP contribution in [-0.4, -0.2) is 18.5 Å². The van der Waals surface area contributed by atoms with Crippen LogP contribution in [0.15, 0.2) is 48.5 Å². The van der Waals surface area contributed by atoms with E-state index in [9.17, 15) is 9.59 Å². The molecule has 6 heteroatoms. The molecular weight excluding hydrogens is 373 g/mol. The van der Waals surface area contributed by atoms with Crippen LogP contribution >= 0.6 is 23.2 Å². The highest BCUT2D eigenvalue weighted by Crippen LogP contribution is 2.23. The molecule has 0 aromatic heterocycles. The van der Waals surface area contributed by atoms with Gasteiger partial charge in [0.25, 0.3) is 0 Å². The van der Waals surface area contributed by atoms with Crippen molar-refractivity contribution in [2.75, 3.05) is 11.9 Å². The zero-order valence-electron chi connectivity index (χ0n) is 14.3. The van der Waals surface area contributed by atoms with Gasteiger partial charge in [-0.3, -0.25) is 4.79 Å². The molecular formula is C20H19Cl2NO3. The van der Waals surface area contributed by atoms with E-state index in [-0.39, 0.29) is 5.91 Å². The van der Waals surface area contributed by atoms with Crippen molar-refractivity contribution in [3.05, 3.63) is 69.7 Å². The van der Waals surface area contributed by atoms with Gasteiger partial charge in [-0.15, -0.1) is 0 Å². The van der Waals surface area contributed by atoms with E-state index in [2.05, 4.69) is 5.32 Å². The first-order valence-corrected chi connectivity index (χ1v) is 8.96. The average molecular weight is 392 g/mol. The number of rotatable bonds is 7. The summed E-state index contributed by atoms with van der Waals surface area (Å²) in [5, 5.41) is 3.58. The number of amides is 1. The van der Waals surface area contributed by atoms with E-state index in [1.165, 1.54) is 6.08 Å². The number of anilines is 1. The van der Waals surface area contributed by atoms with E-state index in [0.717, 1.165) is 18.4 Å². The van der Waals surface area contributed by atoms with Gasteiger partial charge in [0, 0.05) is 11.8 Å². The first-order valence-electron chi connectivity index (χ1n) is 8.21. The maximum Gasteiger partial charge on any atom is 0.338 e. The molecule has 0 bridgehead atoms. The predicted octanol–water partition coefficient (Wildman–Crippen LogP) is 5.60. The Morgan fingerprint density at radius 1 is 1.12 bits per heavy atom. The van der Waals surface area contributed by atoms with Crippen LogP contribution in [0.4, 0.5) is 5.69 Å². The van der Waals surface area contributed by atoms with Crippen LogP contribution in [0.2, 0.25) is 10.0 Å². The zero-order chi connectivity index (χ0) is 18.9. The minimum Gasteiger partial charge on any atom is -0.462 e. The second-order valence-corrected chi connectivity index (χ2v) is 6.38. The van der Waals surface area contributed by atoms with Crippen LogP contribution < -0.4 is 5.32 Å². The predicted molar refractivity (Wildman–Crippen MR) is 106 cm³/mol. The van der Waals surface area contributed by atoms with Crippen molar-refractivity contribution in [1.82, 2.24) is 0 Å². The molecule has 0 unspecified atom stereocenters. The molecule has 0 atom stereocenters. The maximum absolute atomic E-state index is 12.1. The van der Waals surface area contributed by atoms with Gasteiger partial charge >= 0.3 is 5.97 Å². The van der Waals surface area contributed by atoms with Crippen LogP contribution in [0.3, 0.4) is 0 Å². The monoisotopic (exact) mass is 391 g/mol. The lowest BCUT2D eigenvalue weighted by Crippen LogP contribution is -2.10. The number of nitrogens with one attached hydrogen (secondary N) is 1. The van der Waals surface area contributed by atoms with Crippen LogP contribution in [0, 0.1) is 0 Å². The van der Waals surface area contributed by atoms with E-state index in [0.29, 0.717) is 27.9 Å². The molecule has 0 saturated carbocycles. The number of hydrogen-bond acceptors (Lipinski definition) is 3. The van der Waals surface area contributed by atoms with Gasteiger partial charge in [-0.1, -0.05) is 48.7 Å². The van der Waals surface area contributed by atoms with Gasteiger partial charge in [-0.25, -0.2) is 4.79 Å². The molecule has 136 valence electrons. The third-order valence-electron chi connectivity index (χ3n) is 3.47. The Balaban J connectivity index is 1.98. The van der Waals surface area contributed by atoms with E-state index in [4.69, 9.17) is 27.9 Å². The Kier molecular flexibility index (Phi) is 7.70. The number of carbonyl (C=O) groups is 2. The number of halogens is 2. The molecule has 4 nitrogen and oxygen atoms in total. The lowest BCUT2D eigenvalue weighted by Gasteiger charge is -2.06. The summed E-state index contributed by atoms with van der Waals surface area (Å²) >= 11 is 11.8. The Morgan fingerprint density at radius 2 is 1.92 bits per heavy atom. The molecule has 0 saturated heterocycles. The molecule has 2 rings (SSSR count). The molecule has 26 heavy (non-hydrogen) atoms. The van der Waals surface area contributed by atoms with Crippen molar-refractivity contribution in [3.63, 3.8) is 0 Å². The van der Waals surface area contributed by atoms with Crippen LogP contribution in [0.5, 0.6) is 0 Å². The summed E-state index contributed by atoms with van der Waals surface area (Å²) in [5.41, 5.74) is 1.66. The highest BCUT2D eigenvalue weighted by atomic mass is 35.5. The molecule has 1 N–H and O–H groups in total. The topological polar surface area (TPSA) is 55.4 Å². The number of carbonyl (C=O) groups excluding carboxylic acids is 2. The smallest absolute Gasteiger partial charge is 0.338 e. The Labute approximate surface area is 162 Å². The number of unbranched alkanes of at least 4 members (excludes halogenated alkanes) is 1. The molecule has 2 aromatic carbocycles. The standard InChI is InChI=1S/C20H19Cl2NO3/c1-2-3-11-26-20(25)15-5-4-6-16(13-15)23-19(24)10-8-14-7-9-17(21)18(22)12-14/h4-10,12-13H,2-3,11H2,1H3,(H,23,24)/b10-8+. The second kappa shape index (κ2) is 10.00. The maximum atomic E-state index is 12.1. The van der Waals surface area contributed by atoms with Crippen LogP contribution in [0.25, 0.3) is 6.08 Å². The summed E-state index contributed by atoms with van der Waals surface area (Å²) in [6.07, 6.45) is 4.78. The molecule has 0 aliphatic heterocycles. The zero-order valence-corrected chi connectivity index (χ0v) is 15.8. The van der Waals surface area contributed by atoms with E-state index >= 15 is 0 Å². The van der Waals surface area contributed by atoms with Crippen molar-refractivity contribution in [2.24, 2.45) is 0 Å². The Bertz CT molecular complexity index is 818. The van der Waals surface area contributed by atoms with Crippen LogP contribution in [0.1, 0.15) is 35.7 Å². The highest BCUT2D eigenvalue weighted by molar-refractivity contribution is 6.42. The van der Waals surface area contributed by atoms with Gasteiger partial charge in [0.05, 0.1) is 22.2 Å². The van der Waals surface area contributed by atoms with Crippen molar-refractivity contribution < 1.29 is 14.3 Å². The molecule has 0 aliphatic carbocycles. The van der Waals surface area contributed by atoms with Gasteiger partial charge in [0.2, 0.25) is 5.91 Å². The first kappa shape index (κ1) is 20.0. The number of esters is 1. The first-order chi connectivity index (χ1) is 12.5. The van der Waals surface area contributed by atoms with Gasteiger partial charge in [-0.2, -0.15) is 0 Å². The fourth-order valence-electron chi connectivity index (χ4n) is 2.09. The van der Waals surface area contributed by atoms with Gasteiger partial charge < -0.3 is 10.1 Å². The molecule has 0 spiro atoms. The third kappa shape index (κ3) is 6.21. The molecule has 0 fully saturated rings. The molecule has 0 radical (unpaired) electrons. The largest absolute Gasteiger partial charge is 0.462 e. The third-order valence-corrected chi connectivity index (χ3v) is 4.21. The van der Waals surface area contributed by atoms with Gasteiger partial charge in [0.1, 0.15) is 0 Å². The van der Waals surface area contributed by atoms with E-state index < -0.39 is 5.97 Å². The summed E-state index contributed by atoms with van der Waals surface area (Å²) in [4.78, 5) is 24.0. The lowest BCUT2D eigenvalue weighted by molar-refractivity contribution is -0.111. The highest BCUT2D eigenvalue weighted by Gasteiger charge is 2.08. The minimum atomic E-state index is -0.402. The van der Waals surface area contributed by atoms with E-state index in [1.807, 2.05) is 6.92 Å².